The van der Waals surface area contributed by atoms with Crippen molar-refractivity contribution in [2.45, 2.75) is 6.54 Å². The molecule has 10 heteroatoms. The molecular weight excluding hydrogens is 609 g/mol. The van der Waals surface area contributed by atoms with Crippen molar-refractivity contribution in [1.82, 2.24) is 10.2 Å². The van der Waals surface area contributed by atoms with Crippen molar-refractivity contribution >= 4 is 69.2 Å². The van der Waals surface area contributed by atoms with E-state index in [4.69, 9.17) is 9.84 Å². The van der Waals surface area contributed by atoms with Gasteiger partial charge >= 0.3 is 12.0 Å². The van der Waals surface area contributed by atoms with Gasteiger partial charge in [-0.15, -0.1) is 0 Å². The minimum Gasteiger partial charge on any atom is -0.480 e. The van der Waals surface area contributed by atoms with E-state index in [1.54, 1.807) is 18.2 Å². The monoisotopic (exact) mass is 622 g/mol. The van der Waals surface area contributed by atoms with E-state index >= 15 is 0 Å². The number of nitrogens with zero attached hydrogens (tertiary/aromatic N) is 1. The minimum absolute atomic E-state index is 0.0668. The maximum atomic E-state index is 13.8. The number of rotatable bonds is 6. The molecule has 1 aliphatic rings. The molecule has 150 valence electrons. The maximum Gasteiger partial charge on any atom is 0.341 e. The van der Waals surface area contributed by atoms with Gasteiger partial charge in [-0.05, 0) is 75.0 Å². The minimum atomic E-state index is -1.09. The molecule has 2 aromatic carbocycles. The summed E-state index contributed by atoms with van der Waals surface area (Å²) >= 11 is 4.00. The number of urea groups is 1. The van der Waals surface area contributed by atoms with Gasteiger partial charge in [-0.25, -0.2) is 14.0 Å². The zero-order valence-corrected chi connectivity index (χ0v) is 18.9. The van der Waals surface area contributed by atoms with Gasteiger partial charge in [0.1, 0.15) is 17.3 Å². The van der Waals surface area contributed by atoms with E-state index in [1.165, 1.54) is 24.3 Å². The average molecular weight is 622 g/mol. The fourth-order valence-electron chi connectivity index (χ4n) is 2.61. The summed E-state index contributed by atoms with van der Waals surface area (Å²) in [6.07, 6.45) is 1.51. The quantitative estimate of drug-likeness (QED) is 0.292. The van der Waals surface area contributed by atoms with Crippen molar-refractivity contribution in [1.29, 1.82) is 0 Å². The molecule has 2 N–H and O–H groups in total. The second-order valence-corrected chi connectivity index (χ2v) is 8.29. The van der Waals surface area contributed by atoms with Gasteiger partial charge in [0.25, 0.3) is 5.91 Å². The van der Waals surface area contributed by atoms with Gasteiger partial charge in [0.2, 0.25) is 0 Å². The van der Waals surface area contributed by atoms with Crippen LogP contribution in [0.2, 0.25) is 0 Å². The van der Waals surface area contributed by atoms with E-state index in [-0.39, 0.29) is 17.8 Å². The third-order valence-corrected chi connectivity index (χ3v) is 5.52. The Kier molecular flexibility index (Phi) is 6.72. The highest BCUT2D eigenvalue weighted by Gasteiger charge is 2.34. The smallest absolute Gasteiger partial charge is 0.341 e. The van der Waals surface area contributed by atoms with Crippen LogP contribution in [0.4, 0.5) is 9.18 Å². The lowest BCUT2D eigenvalue weighted by atomic mass is 10.1. The zero-order chi connectivity index (χ0) is 21.1. The molecule has 1 aliphatic heterocycles. The number of ether oxygens (including phenoxy) is 1. The highest BCUT2D eigenvalue weighted by molar-refractivity contribution is 14.1. The molecule has 1 saturated heterocycles. The summed E-state index contributed by atoms with van der Waals surface area (Å²) in [5, 5.41) is 11.3. The molecule has 1 heterocycles. The first kappa shape index (κ1) is 21.5. The summed E-state index contributed by atoms with van der Waals surface area (Å²) in [6, 6.07) is 8.71. The van der Waals surface area contributed by atoms with Gasteiger partial charge in [-0.2, -0.15) is 0 Å². The van der Waals surface area contributed by atoms with Crippen molar-refractivity contribution < 1.29 is 28.6 Å². The van der Waals surface area contributed by atoms with E-state index in [0.717, 1.165) is 4.90 Å². The van der Waals surface area contributed by atoms with Crippen LogP contribution in [0, 0.1) is 13.0 Å². The third-order valence-electron chi connectivity index (χ3n) is 3.92. The Morgan fingerprint density at radius 2 is 1.86 bits per heavy atom. The Bertz CT molecular complexity index is 1020. The van der Waals surface area contributed by atoms with Crippen molar-refractivity contribution in [3.63, 3.8) is 0 Å². The van der Waals surface area contributed by atoms with Crippen LogP contribution in [0.15, 0.2) is 42.1 Å². The number of nitrogens with one attached hydrogen (secondary N) is 1. The molecule has 7 nitrogen and oxygen atoms in total. The van der Waals surface area contributed by atoms with Crippen molar-refractivity contribution in [3.8, 4) is 5.75 Å². The first-order valence-electron chi connectivity index (χ1n) is 8.18. The number of aliphatic carboxylic acids is 1. The molecule has 0 saturated carbocycles. The van der Waals surface area contributed by atoms with Gasteiger partial charge in [-0.1, -0.05) is 18.2 Å². The summed E-state index contributed by atoms with van der Waals surface area (Å²) in [6.45, 7) is -0.641. The number of carboxylic acids is 1. The Labute approximate surface area is 192 Å². The summed E-state index contributed by atoms with van der Waals surface area (Å²) in [5.74, 6) is -1.71. The summed E-state index contributed by atoms with van der Waals surface area (Å²) < 4.78 is 20.4. The second kappa shape index (κ2) is 9.07. The van der Waals surface area contributed by atoms with Gasteiger partial charge < -0.3 is 15.2 Å². The Morgan fingerprint density at radius 3 is 2.48 bits per heavy atom. The molecule has 29 heavy (non-hydrogen) atoms. The van der Waals surface area contributed by atoms with Gasteiger partial charge in [0.05, 0.1) is 13.7 Å². The molecule has 0 spiro atoms. The standard InChI is InChI=1S/C19H13FI2N2O5/c20-12-4-2-1-3-11(12)8-24-18(27)15(23-19(24)28)7-10-5-13(21)17(14(22)6-10)29-9-16(25)26/h1-7H,8-9H2,(H,23,28)(H,25,26)/b15-7+. The van der Waals surface area contributed by atoms with Crippen molar-refractivity contribution in [3.05, 3.63) is 66.2 Å². The highest BCUT2D eigenvalue weighted by Crippen LogP contribution is 2.30. The summed E-state index contributed by atoms with van der Waals surface area (Å²) in [7, 11) is 0. The number of hydrogen-bond donors (Lipinski definition) is 2. The number of carbonyl (C=O) groups excluding carboxylic acids is 2. The van der Waals surface area contributed by atoms with Gasteiger partial charge in [0, 0.05) is 5.56 Å². The predicted octanol–water partition coefficient (Wildman–Crippen LogP) is 3.59. The van der Waals surface area contributed by atoms with Crippen LogP contribution in [0.3, 0.4) is 0 Å². The molecule has 0 bridgehead atoms. The van der Waals surface area contributed by atoms with Gasteiger partial charge in [0.15, 0.2) is 6.61 Å². The van der Waals surface area contributed by atoms with Crippen molar-refractivity contribution in [2.75, 3.05) is 6.61 Å². The van der Waals surface area contributed by atoms with E-state index < -0.39 is 30.3 Å². The fourth-order valence-corrected chi connectivity index (χ4v) is 4.74. The highest BCUT2D eigenvalue weighted by atomic mass is 127. The molecular formula is C19H13FI2N2O5. The van der Waals surface area contributed by atoms with E-state index in [1.807, 2.05) is 45.2 Å². The number of halogens is 3. The van der Waals surface area contributed by atoms with Crippen LogP contribution >= 0.6 is 45.2 Å². The van der Waals surface area contributed by atoms with E-state index in [0.29, 0.717) is 18.5 Å². The van der Waals surface area contributed by atoms with Crippen LogP contribution in [0.1, 0.15) is 11.1 Å². The molecule has 3 rings (SSSR count). The average Bonchev–Trinajstić information content (AvgIpc) is 2.90. The Balaban J connectivity index is 1.82. The second-order valence-electron chi connectivity index (χ2n) is 5.97. The lowest BCUT2D eigenvalue weighted by Crippen LogP contribution is -2.30. The third kappa shape index (κ3) is 5.04. The molecule has 0 unspecified atom stereocenters. The SMILES string of the molecule is O=C(O)COc1c(I)cc(/C=C2/NC(=O)N(Cc3ccccc3F)C2=O)cc1I. The zero-order valence-electron chi connectivity index (χ0n) is 14.6. The van der Waals surface area contributed by atoms with Crippen LogP contribution in [0.25, 0.3) is 6.08 Å². The Hall–Kier alpha value is -2.22. The molecule has 0 atom stereocenters. The molecule has 0 radical (unpaired) electrons. The van der Waals surface area contributed by atoms with E-state index in [2.05, 4.69) is 5.32 Å². The molecule has 0 aromatic heterocycles. The molecule has 2 aromatic rings. The van der Waals surface area contributed by atoms with E-state index in [9.17, 15) is 18.8 Å². The maximum absolute atomic E-state index is 13.8. The summed E-state index contributed by atoms with van der Waals surface area (Å²) in [5.41, 5.74) is 0.927. The first-order valence-corrected chi connectivity index (χ1v) is 10.3. The topological polar surface area (TPSA) is 95.9 Å². The van der Waals surface area contributed by atoms with Gasteiger partial charge in [-0.3, -0.25) is 9.69 Å². The number of amides is 3. The Morgan fingerprint density at radius 1 is 1.21 bits per heavy atom. The van der Waals surface area contributed by atoms with Crippen LogP contribution < -0.4 is 10.1 Å². The van der Waals surface area contributed by atoms with Crippen LogP contribution in [-0.4, -0.2) is 34.5 Å². The number of imide groups is 1. The number of hydrogen-bond acceptors (Lipinski definition) is 4. The number of carbonyl (C=O) groups is 3. The number of carboxylic acid groups (broad SMARTS) is 1. The largest absolute Gasteiger partial charge is 0.480 e. The molecule has 1 fully saturated rings. The van der Waals surface area contributed by atoms with Crippen LogP contribution in [0.5, 0.6) is 5.75 Å². The number of benzene rings is 2. The fraction of sp³-hybridized carbons (Fsp3) is 0.105. The lowest BCUT2D eigenvalue weighted by molar-refractivity contribution is -0.139. The predicted molar refractivity (Wildman–Crippen MR) is 118 cm³/mol. The lowest BCUT2D eigenvalue weighted by Gasteiger charge is -2.12. The normalized spacial score (nSPS) is 15.0. The van der Waals surface area contributed by atoms with Crippen molar-refractivity contribution in [2.24, 2.45) is 0 Å². The molecule has 0 aliphatic carbocycles. The van der Waals surface area contributed by atoms with Crippen LogP contribution in [-0.2, 0) is 16.1 Å². The first-order chi connectivity index (χ1) is 13.8. The molecule has 3 amide bonds. The summed E-state index contributed by atoms with van der Waals surface area (Å²) in [4.78, 5) is 36.4.